The normalized spacial score (nSPS) is 10.2. The van der Waals surface area contributed by atoms with Gasteiger partial charge in [-0.05, 0) is 0 Å². The second kappa shape index (κ2) is 3.96. The first-order valence-electron chi connectivity index (χ1n) is 3.63. The summed E-state index contributed by atoms with van der Waals surface area (Å²) in [7, 11) is 0. The Kier molecular flexibility index (Phi) is 2.92. The molecule has 0 saturated carbocycles. The van der Waals surface area contributed by atoms with Gasteiger partial charge in [-0.1, -0.05) is 0 Å². The van der Waals surface area contributed by atoms with Crippen LogP contribution < -0.4 is 5.56 Å². The van der Waals surface area contributed by atoms with E-state index in [1.165, 1.54) is 0 Å². The van der Waals surface area contributed by atoms with E-state index < -0.39 is 35.5 Å². The van der Waals surface area contributed by atoms with Crippen molar-refractivity contribution in [2.24, 2.45) is 0 Å². The van der Waals surface area contributed by atoms with Crippen LogP contribution in [-0.2, 0) is 6.42 Å². The highest BCUT2D eigenvalue weighted by Crippen LogP contribution is 2.21. The number of nitrogens with one attached hydrogen (secondary N) is 1. The maximum atomic E-state index is 13.1. The molecule has 0 spiro atoms. The summed E-state index contributed by atoms with van der Waals surface area (Å²) < 4.78 is 37.4. The summed E-state index contributed by atoms with van der Waals surface area (Å²) in [5.41, 5.74) is -2.22. The van der Waals surface area contributed by atoms with Gasteiger partial charge in [-0.2, -0.15) is 5.26 Å². The maximum Gasteiger partial charge on any atom is 0.266 e. The number of aromatic amines is 1. The zero-order valence-electron chi connectivity index (χ0n) is 6.85. The van der Waals surface area contributed by atoms with E-state index in [0.717, 1.165) is 0 Å². The Morgan fingerprint density at radius 1 is 1.57 bits per heavy atom. The molecule has 1 rings (SSSR count). The van der Waals surface area contributed by atoms with E-state index in [9.17, 15) is 18.0 Å². The second-order valence-electron chi connectivity index (χ2n) is 2.52. The topological polar surface area (TPSA) is 56.6 Å². The largest absolute Gasteiger partial charge is 0.322 e. The molecule has 1 aromatic rings. The molecule has 0 radical (unpaired) electrons. The lowest BCUT2D eigenvalue weighted by Gasteiger charge is -2.03. The van der Waals surface area contributed by atoms with Crippen LogP contribution in [0.1, 0.15) is 17.7 Å². The van der Waals surface area contributed by atoms with Gasteiger partial charge in [-0.3, -0.25) is 4.79 Å². The van der Waals surface area contributed by atoms with Crippen molar-refractivity contribution in [2.75, 3.05) is 0 Å². The number of H-pyrrole nitrogens is 1. The van der Waals surface area contributed by atoms with E-state index in [4.69, 9.17) is 5.26 Å². The van der Waals surface area contributed by atoms with Crippen molar-refractivity contribution >= 4 is 0 Å². The molecule has 3 nitrogen and oxygen atoms in total. The molecule has 6 heteroatoms. The molecule has 0 aliphatic carbocycles. The molecule has 1 N–H and O–H groups in total. The molecular weight excluding hydrogens is 197 g/mol. The molecule has 0 saturated heterocycles. The van der Waals surface area contributed by atoms with Crippen LogP contribution in [0.25, 0.3) is 0 Å². The van der Waals surface area contributed by atoms with Crippen molar-refractivity contribution in [1.29, 1.82) is 5.26 Å². The van der Waals surface area contributed by atoms with Gasteiger partial charge in [0.2, 0.25) is 5.56 Å². The van der Waals surface area contributed by atoms with Crippen LogP contribution in [-0.4, -0.2) is 4.98 Å². The Bertz CT molecular complexity index is 433. The van der Waals surface area contributed by atoms with E-state index in [2.05, 4.69) is 0 Å². The number of hydrogen-bond acceptors (Lipinski definition) is 2. The van der Waals surface area contributed by atoms with Gasteiger partial charge < -0.3 is 4.98 Å². The highest BCUT2D eigenvalue weighted by atomic mass is 19.3. The zero-order valence-corrected chi connectivity index (χ0v) is 6.85. The first kappa shape index (κ1) is 10.3. The quantitative estimate of drug-likeness (QED) is 0.790. The van der Waals surface area contributed by atoms with Crippen LogP contribution in [0, 0.1) is 17.1 Å². The average molecular weight is 202 g/mol. The third kappa shape index (κ3) is 1.93. The van der Waals surface area contributed by atoms with Gasteiger partial charge in [-0.15, -0.1) is 0 Å². The summed E-state index contributed by atoms with van der Waals surface area (Å²) in [4.78, 5) is 12.8. The lowest BCUT2D eigenvalue weighted by atomic mass is 10.2. The SMILES string of the molecule is N#CCc1[nH]c(=O)cc(C(F)F)c1F. The van der Waals surface area contributed by atoms with Crippen molar-refractivity contribution in [3.8, 4) is 6.07 Å². The summed E-state index contributed by atoms with van der Waals surface area (Å²) in [5, 5.41) is 8.24. The highest BCUT2D eigenvalue weighted by molar-refractivity contribution is 5.22. The minimum atomic E-state index is -3.06. The van der Waals surface area contributed by atoms with Crippen LogP contribution in [0.5, 0.6) is 0 Å². The van der Waals surface area contributed by atoms with Gasteiger partial charge in [0.1, 0.15) is 0 Å². The van der Waals surface area contributed by atoms with Crippen LogP contribution in [0.4, 0.5) is 13.2 Å². The third-order valence-electron chi connectivity index (χ3n) is 1.57. The van der Waals surface area contributed by atoms with Crippen LogP contribution in [0.2, 0.25) is 0 Å². The van der Waals surface area contributed by atoms with Crippen molar-refractivity contribution in [2.45, 2.75) is 12.8 Å². The van der Waals surface area contributed by atoms with E-state index in [1.807, 2.05) is 4.98 Å². The lowest BCUT2D eigenvalue weighted by Crippen LogP contribution is -2.13. The van der Waals surface area contributed by atoms with E-state index in [-0.39, 0.29) is 0 Å². The highest BCUT2D eigenvalue weighted by Gasteiger charge is 2.17. The lowest BCUT2D eigenvalue weighted by molar-refractivity contribution is 0.145. The summed E-state index contributed by atoms with van der Waals surface area (Å²) in [6.45, 7) is 0. The van der Waals surface area contributed by atoms with Crippen molar-refractivity contribution < 1.29 is 13.2 Å². The number of hydrogen-bond donors (Lipinski definition) is 1. The van der Waals surface area contributed by atoms with Gasteiger partial charge in [0, 0.05) is 6.07 Å². The number of halogens is 3. The Morgan fingerprint density at radius 2 is 2.21 bits per heavy atom. The van der Waals surface area contributed by atoms with E-state index >= 15 is 0 Å². The van der Waals surface area contributed by atoms with Gasteiger partial charge in [0.15, 0.2) is 5.82 Å². The molecule has 0 atom stereocenters. The molecule has 0 aliphatic rings. The summed E-state index contributed by atoms with van der Waals surface area (Å²) in [5.74, 6) is -1.22. The van der Waals surface area contributed by atoms with Gasteiger partial charge in [0.25, 0.3) is 6.43 Å². The van der Waals surface area contributed by atoms with Crippen LogP contribution in [0.3, 0.4) is 0 Å². The molecule has 0 fully saturated rings. The van der Waals surface area contributed by atoms with Gasteiger partial charge in [0.05, 0.1) is 23.7 Å². The Balaban J connectivity index is 3.34. The third-order valence-corrected chi connectivity index (χ3v) is 1.57. The molecule has 1 heterocycles. The van der Waals surface area contributed by atoms with Gasteiger partial charge >= 0.3 is 0 Å². The fourth-order valence-electron chi connectivity index (χ4n) is 0.978. The van der Waals surface area contributed by atoms with E-state index in [0.29, 0.717) is 6.07 Å². The molecule has 0 aliphatic heterocycles. The number of alkyl halides is 2. The Morgan fingerprint density at radius 3 is 2.71 bits per heavy atom. The molecule has 0 unspecified atom stereocenters. The second-order valence-corrected chi connectivity index (χ2v) is 2.52. The van der Waals surface area contributed by atoms with Crippen molar-refractivity contribution in [1.82, 2.24) is 4.98 Å². The Labute approximate surface area is 76.8 Å². The first-order chi connectivity index (χ1) is 6.56. The monoisotopic (exact) mass is 202 g/mol. The molecule has 0 bridgehead atoms. The number of nitrogens with zero attached hydrogens (tertiary/aromatic N) is 1. The van der Waals surface area contributed by atoms with Crippen molar-refractivity contribution in [3.05, 3.63) is 33.5 Å². The fraction of sp³-hybridized carbons (Fsp3) is 0.250. The number of aromatic nitrogens is 1. The first-order valence-corrected chi connectivity index (χ1v) is 3.63. The average Bonchev–Trinajstić information content (AvgIpc) is 2.10. The standard InChI is InChI=1S/C8H5F3N2O/c9-7-4(8(10)11)3-6(14)13-5(7)1-2-12/h3,8H,1H2,(H,13,14). The molecule has 0 amide bonds. The maximum absolute atomic E-state index is 13.1. The predicted molar refractivity (Wildman–Crippen MR) is 41.3 cm³/mol. The van der Waals surface area contributed by atoms with Gasteiger partial charge in [-0.25, -0.2) is 13.2 Å². The Hall–Kier alpha value is -1.77. The smallest absolute Gasteiger partial charge is 0.266 e. The predicted octanol–water partition coefficient (Wildman–Crippen LogP) is 1.52. The van der Waals surface area contributed by atoms with Crippen molar-refractivity contribution in [3.63, 3.8) is 0 Å². The van der Waals surface area contributed by atoms with E-state index in [1.54, 1.807) is 6.07 Å². The number of nitriles is 1. The fourth-order valence-corrected chi connectivity index (χ4v) is 0.978. The molecule has 14 heavy (non-hydrogen) atoms. The molecule has 1 aromatic heterocycles. The minimum absolute atomic E-state index is 0.407. The van der Waals surface area contributed by atoms with Crippen LogP contribution >= 0.6 is 0 Å². The molecule has 74 valence electrons. The molecular formula is C8H5F3N2O. The number of rotatable bonds is 2. The summed E-state index contributed by atoms with van der Waals surface area (Å²) in [6, 6.07) is 2.05. The van der Waals surface area contributed by atoms with Crippen LogP contribution in [0.15, 0.2) is 10.9 Å². The zero-order chi connectivity index (χ0) is 10.7. The number of pyridine rings is 1. The minimum Gasteiger partial charge on any atom is -0.322 e. The summed E-state index contributed by atoms with van der Waals surface area (Å²) in [6.07, 6.45) is -3.50. The molecule has 0 aromatic carbocycles. The summed E-state index contributed by atoms with van der Waals surface area (Å²) >= 11 is 0.